The summed E-state index contributed by atoms with van der Waals surface area (Å²) in [6, 6.07) is 16.9. The van der Waals surface area contributed by atoms with Gasteiger partial charge in [0.15, 0.2) is 0 Å². The first-order valence-corrected chi connectivity index (χ1v) is 7.75. The van der Waals surface area contributed by atoms with Crippen molar-refractivity contribution in [2.45, 2.75) is 0 Å². The van der Waals surface area contributed by atoms with Crippen LogP contribution in [-0.4, -0.2) is 10.1 Å². The van der Waals surface area contributed by atoms with Crippen LogP contribution in [0.3, 0.4) is 0 Å². The monoisotopic (exact) mass is 356 g/mol. The Bertz CT molecular complexity index is 842. The number of hydrogen-bond donors (Lipinski definition) is 1. The van der Waals surface area contributed by atoms with Gasteiger partial charge in [-0.25, -0.2) is 4.98 Å². The highest BCUT2D eigenvalue weighted by Gasteiger charge is 2.14. The summed E-state index contributed by atoms with van der Waals surface area (Å²) in [6.07, 6.45) is 0. The lowest BCUT2D eigenvalue weighted by atomic mass is 10.1. The Hall–Kier alpha value is -2.16. The zero-order chi connectivity index (χ0) is 14.8. The summed E-state index contributed by atoms with van der Waals surface area (Å²) in [5.74, 6) is -0.0518. The van der Waals surface area contributed by atoms with Crippen molar-refractivity contribution in [2.75, 3.05) is 0 Å². The average Bonchev–Trinajstić information content (AvgIpc) is 2.92. The molecule has 0 unspecified atom stereocenters. The van der Waals surface area contributed by atoms with E-state index in [0.29, 0.717) is 10.6 Å². The minimum atomic E-state index is -0.0518. The van der Waals surface area contributed by atoms with E-state index in [1.807, 2.05) is 36.4 Å². The van der Waals surface area contributed by atoms with Gasteiger partial charge in [0.25, 0.3) is 0 Å². The highest BCUT2D eigenvalue weighted by atomic mass is 79.9. The fraction of sp³-hybridized carbons (Fsp3) is 0. The lowest BCUT2D eigenvalue weighted by Gasteiger charge is -2.02. The number of aromatic nitrogens is 1. The van der Waals surface area contributed by atoms with Gasteiger partial charge in [-0.2, -0.15) is 5.26 Å². The number of aliphatic hydroxyl groups excluding tert-OH is 1. The fourth-order valence-electron chi connectivity index (χ4n) is 1.93. The van der Waals surface area contributed by atoms with Crippen molar-refractivity contribution < 1.29 is 5.11 Å². The van der Waals surface area contributed by atoms with E-state index in [9.17, 15) is 10.4 Å². The van der Waals surface area contributed by atoms with Gasteiger partial charge in [0.05, 0.1) is 10.2 Å². The molecule has 1 N–H and O–H groups in total. The van der Waals surface area contributed by atoms with E-state index in [-0.39, 0.29) is 11.3 Å². The molecule has 0 aliphatic rings. The lowest BCUT2D eigenvalue weighted by molar-refractivity contribution is 0.514. The highest BCUT2D eigenvalue weighted by Crippen LogP contribution is 2.31. The van der Waals surface area contributed by atoms with Crippen LogP contribution < -0.4 is 0 Å². The second-order valence-electron chi connectivity index (χ2n) is 4.33. The molecule has 1 heterocycles. The van der Waals surface area contributed by atoms with Crippen molar-refractivity contribution in [3.63, 3.8) is 0 Å². The van der Waals surface area contributed by atoms with E-state index in [0.717, 1.165) is 14.7 Å². The molecule has 0 radical (unpaired) electrons. The molecule has 0 saturated heterocycles. The van der Waals surface area contributed by atoms with Gasteiger partial charge >= 0.3 is 0 Å². The number of halogens is 1. The van der Waals surface area contributed by atoms with Crippen molar-refractivity contribution in [2.24, 2.45) is 0 Å². The second kappa shape index (κ2) is 5.68. The topological polar surface area (TPSA) is 56.9 Å². The number of hydrogen-bond acceptors (Lipinski definition) is 4. The van der Waals surface area contributed by atoms with Crippen LogP contribution in [0.1, 0.15) is 10.6 Å². The predicted molar refractivity (Wildman–Crippen MR) is 88.8 cm³/mol. The molecule has 0 spiro atoms. The second-order valence-corrected chi connectivity index (χ2v) is 6.28. The Morgan fingerprint density at radius 2 is 1.86 bits per heavy atom. The van der Waals surface area contributed by atoms with Crippen LogP contribution in [-0.2, 0) is 0 Å². The first kappa shape index (κ1) is 13.8. The van der Waals surface area contributed by atoms with E-state index in [1.54, 1.807) is 12.1 Å². The van der Waals surface area contributed by atoms with Gasteiger partial charge in [-0.15, -0.1) is 11.3 Å². The van der Waals surface area contributed by atoms with E-state index in [1.165, 1.54) is 11.3 Å². The molecular formula is C16H9BrN2OS. The molecular weight excluding hydrogens is 348 g/mol. The largest absolute Gasteiger partial charge is 0.506 e. The molecule has 102 valence electrons. The fourth-order valence-corrected chi connectivity index (χ4v) is 3.16. The minimum Gasteiger partial charge on any atom is -0.506 e. The Balaban J connectivity index is 2.14. The van der Waals surface area contributed by atoms with E-state index in [2.05, 4.69) is 27.0 Å². The molecule has 0 atom stereocenters. The SMILES string of the molecule is N#C/C(=C(\O)c1ccc(Br)cc1)c1nc2ccccc2s1. The Kier molecular flexibility index (Phi) is 3.74. The highest BCUT2D eigenvalue weighted by molar-refractivity contribution is 9.10. The summed E-state index contributed by atoms with van der Waals surface area (Å²) in [4.78, 5) is 4.42. The van der Waals surface area contributed by atoms with Gasteiger partial charge in [0, 0.05) is 10.0 Å². The maximum absolute atomic E-state index is 10.4. The number of para-hydroxylation sites is 1. The number of fused-ring (bicyclic) bond motifs is 1. The normalized spacial score (nSPS) is 12.0. The van der Waals surface area contributed by atoms with Gasteiger partial charge in [0.2, 0.25) is 0 Å². The number of nitrogens with zero attached hydrogens (tertiary/aromatic N) is 2. The molecule has 0 aliphatic carbocycles. The van der Waals surface area contributed by atoms with Crippen LogP contribution in [0.15, 0.2) is 53.0 Å². The van der Waals surface area contributed by atoms with Gasteiger partial charge < -0.3 is 5.11 Å². The lowest BCUT2D eigenvalue weighted by Crippen LogP contribution is -1.89. The zero-order valence-corrected chi connectivity index (χ0v) is 13.1. The summed E-state index contributed by atoms with van der Waals surface area (Å²) >= 11 is 4.74. The van der Waals surface area contributed by atoms with Gasteiger partial charge in [-0.05, 0) is 24.3 Å². The molecule has 2 aromatic carbocycles. The van der Waals surface area contributed by atoms with Crippen LogP contribution in [0, 0.1) is 11.3 Å². The number of rotatable bonds is 2. The molecule has 1 aromatic heterocycles. The van der Waals surface area contributed by atoms with Crippen LogP contribution in [0.25, 0.3) is 21.5 Å². The van der Waals surface area contributed by atoms with Crippen molar-refractivity contribution in [1.82, 2.24) is 4.98 Å². The molecule has 0 fully saturated rings. The zero-order valence-electron chi connectivity index (χ0n) is 10.7. The van der Waals surface area contributed by atoms with Crippen LogP contribution in [0.4, 0.5) is 0 Å². The van der Waals surface area contributed by atoms with Crippen molar-refractivity contribution >= 4 is 48.8 Å². The first-order chi connectivity index (χ1) is 10.2. The van der Waals surface area contributed by atoms with E-state index >= 15 is 0 Å². The number of allylic oxidation sites excluding steroid dienone is 1. The van der Waals surface area contributed by atoms with Crippen molar-refractivity contribution in [1.29, 1.82) is 5.26 Å². The first-order valence-electron chi connectivity index (χ1n) is 6.14. The maximum atomic E-state index is 10.4. The van der Waals surface area contributed by atoms with E-state index in [4.69, 9.17) is 0 Å². The van der Waals surface area contributed by atoms with Gasteiger partial charge in [-0.1, -0.05) is 40.2 Å². The standard InChI is InChI=1S/C16H9BrN2OS/c17-11-7-5-10(6-8-11)15(20)12(9-18)16-19-13-3-1-2-4-14(13)21-16/h1-8,20H/b15-12+. The molecule has 0 saturated carbocycles. The average molecular weight is 357 g/mol. The summed E-state index contributed by atoms with van der Waals surface area (Å²) in [6.45, 7) is 0. The van der Waals surface area contributed by atoms with Gasteiger partial charge in [-0.3, -0.25) is 0 Å². The molecule has 0 bridgehead atoms. The number of benzene rings is 2. The minimum absolute atomic E-state index is 0.0518. The molecule has 0 aliphatic heterocycles. The molecule has 3 aromatic rings. The quantitative estimate of drug-likeness (QED) is 0.518. The molecule has 3 rings (SSSR count). The van der Waals surface area contributed by atoms with Gasteiger partial charge in [0.1, 0.15) is 22.4 Å². The maximum Gasteiger partial charge on any atom is 0.143 e. The summed E-state index contributed by atoms with van der Waals surface area (Å²) < 4.78 is 1.90. The summed E-state index contributed by atoms with van der Waals surface area (Å²) in [7, 11) is 0. The van der Waals surface area contributed by atoms with Crippen LogP contribution >= 0.6 is 27.3 Å². The third kappa shape index (κ3) is 2.68. The summed E-state index contributed by atoms with van der Waals surface area (Å²) in [5, 5.41) is 20.3. The third-order valence-corrected chi connectivity index (χ3v) is 4.56. The van der Waals surface area contributed by atoms with E-state index < -0.39 is 0 Å². The number of aliphatic hydroxyl groups is 1. The molecule has 0 amide bonds. The van der Waals surface area contributed by atoms with Crippen LogP contribution in [0.5, 0.6) is 0 Å². The Morgan fingerprint density at radius 1 is 1.14 bits per heavy atom. The third-order valence-electron chi connectivity index (χ3n) is 2.97. The Morgan fingerprint density at radius 3 is 2.52 bits per heavy atom. The Labute approximate surface area is 133 Å². The molecule has 21 heavy (non-hydrogen) atoms. The smallest absolute Gasteiger partial charge is 0.143 e. The van der Waals surface area contributed by atoms with Crippen molar-refractivity contribution in [3.05, 3.63) is 63.6 Å². The summed E-state index contributed by atoms with van der Waals surface area (Å²) in [5.41, 5.74) is 1.61. The molecule has 3 nitrogen and oxygen atoms in total. The number of thiazole rings is 1. The predicted octanol–water partition coefficient (Wildman–Crippen LogP) is 5.01. The van der Waals surface area contributed by atoms with Crippen LogP contribution in [0.2, 0.25) is 0 Å². The number of nitriles is 1. The van der Waals surface area contributed by atoms with Crippen molar-refractivity contribution in [3.8, 4) is 6.07 Å². The molecule has 5 heteroatoms.